The number of phenols is 1. The minimum absolute atomic E-state index is 0.0630. The molecule has 0 unspecified atom stereocenters. The van der Waals surface area contributed by atoms with Gasteiger partial charge >= 0.3 is 0 Å². The van der Waals surface area contributed by atoms with E-state index in [0.29, 0.717) is 17.6 Å². The van der Waals surface area contributed by atoms with Gasteiger partial charge in [-0.1, -0.05) is 54.1 Å². The van der Waals surface area contributed by atoms with E-state index >= 15 is 0 Å². The third-order valence-corrected chi connectivity index (χ3v) is 6.45. The summed E-state index contributed by atoms with van der Waals surface area (Å²) in [4.78, 5) is 4.56. The van der Waals surface area contributed by atoms with Crippen LogP contribution in [0.15, 0.2) is 77.8 Å². The third-order valence-electron chi connectivity index (χ3n) is 6.16. The average Bonchev–Trinajstić information content (AvgIpc) is 3.30. The lowest BCUT2D eigenvalue weighted by Crippen LogP contribution is -2.28. The topological polar surface area (TPSA) is 53.8 Å². The van der Waals surface area contributed by atoms with E-state index in [9.17, 15) is 5.11 Å². The zero-order valence-electron chi connectivity index (χ0n) is 17.1. The summed E-state index contributed by atoms with van der Waals surface area (Å²) < 4.78 is 5.15. The number of allylic oxidation sites excluding steroid dienone is 2. The Morgan fingerprint density at radius 2 is 1.94 bits per heavy atom. The highest BCUT2D eigenvalue weighted by atomic mass is 35.5. The first-order valence-corrected chi connectivity index (χ1v) is 10.7. The van der Waals surface area contributed by atoms with Crippen LogP contribution in [0.5, 0.6) is 11.5 Å². The number of hydrogen-bond donors (Lipinski definition) is 2. The van der Waals surface area contributed by atoms with E-state index in [1.54, 1.807) is 18.3 Å². The Bertz CT molecular complexity index is 1170. The lowest BCUT2D eigenvalue weighted by Gasteiger charge is -2.37. The van der Waals surface area contributed by atoms with Crippen LogP contribution in [0.3, 0.4) is 0 Å². The maximum Gasteiger partial charge on any atom is 0.176 e. The van der Waals surface area contributed by atoms with Gasteiger partial charge in [0, 0.05) is 17.8 Å². The summed E-state index contributed by atoms with van der Waals surface area (Å²) in [5.74, 6) is 1.25. The van der Waals surface area contributed by atoms with Gasteiger partial charge in [0.05, 0.1) is 23.9 Å². The number of aliphatic imine (C=N–C) groups is 1. The molecule has 4 nitrogen and oxygen atoms in total. The smallest absolute Gasteiger partial charge is 0.176 e. The van der Waals surface area contributed by atoms with E-state index in [1.165, 1.54) is 23.9 Å². The van der Waals surface area contributed by atoms with Crippen LogP contribution in [-0.2, 0) is 0 Å². The molecule has 5 rings (SSSR count). The molecule has 5 heteroatoms. The van der Waals surface area contributed by atoms with Gasteiger partial charge in [-0.05, 0) is 59.4 Å². The molecule has 1 heterocycles. The number of benzene rings is 3. The number of nitrogens with one attached hydrogen (secondary N) is 1. The van der Waals surface area contributed by atoms with Crippen molar-refractivity contribution in [3.05, 3.63) is 94.5 Å². The van der Waals surface area contributed by atoms with Gasteiger partial charge in [-0.25, -0.2) is 0 Å². The molecule has 0 saturated heterocycles. The standard InChI is InChI=1S/C26H23ClN2O2/c1-31-24-14-16(13-22(27)26(24)30)15-28-18-11-9-17(10-12-18)25-21-7-4-6-19(21)20-5-2-3-8-23(20)29-25/h2-6,8-15,19,21,25,29-30H,7H2,1H3/t19-,21+,25-/m0/s1. The second-order valence-corrected chi connectivity index (χ2v) is 8.37. The van der Waals surface area contributed by atoms with Crippen LogP contribution < -0.4 is 10.1 Å². The fourth-order valence-corrected chi connectivity index (χ4v) is 4.83. The number of rotatable bonds is 4. The number of halogens is 1. The lowest BCUT2D eigenvalue weighted by molar-refractivity contribution is 0.373. The van der Waals surface area contributed by atoms with Crippen molar-refractivity contribution in [3.63, 3.8) is 0 Å². The van der Waals surface area contributed by atoms with E-state index in [4.69, 9.17) is 16.3 Å². The molecule has 3 atom stereocenters. The van der Waals surface area contributed by atoms with E-state index in [1.807, 2.05) is 12.1 Å². The Kier molecular flexibility index (Phi) is 5.16. The SMILES string of the molecule is COc1cc(C=Nc2ccc([C@@H]3Nc4ccccc4[C@@H]4C=CC[C@H]43)cc2)cc(Cl)c1O. The molecule has 0 amide bonds. The zero-order valence-corrected chi connectivity index (χ0v) is 17.9. The molecule has 1 aliphatic carbocycles. The number of para-hydroxylation sites is 1. The molecule has 2 aliphatic rings. The van der Waals surface area contributed by atoms with E-state index < -0.39 is 0 Å². The number of nitrogens with zero attached hydrogens (tertiary/aromatic N) is 1. The molecule has 2 N–H and O–H groups in total. The van der Waals surface area contributed by atoms with Crippen molar-refractivity contribution in [2.75, 3.05) is 12.4 Å². The monoisotopic (exact) mass is 430 g/mol. The molecule has 1 aliphatic heterocycles. The normalized spacial score (nSPS) is 21.5. The van der Waals surface area contributed by atoms with Crippen LogP contribution in [0.1, 0.15) is 35.1 Å². The maximum absolute atomic E-state index is 9.88. The van der Waals surface area contributed by atoms with E-state index in [-0.39, 0.29) is 16.8 Å². The maximum atomic E-state index is 9.88. The van der Waals surface area contributed by atoms with Gasteiger partial charge in [-0.15, -0.1) is 0 Å². The Balaban J connectivity index is 1.37. The van der Waals surface area contributed by atoms with Crippen molar-refractivity contribution in [2.24, 2.45) is 10.9 Å². The lowest BCUT2D eigenvalue weighted by atomic mass is 9.77. The molecule has 0 spiro atoms. The summed E-state index contributed by atoms with van der Waals surface area (Å²) in [6.07, 6.45) is 7.46. The van der Waals surface area contributed by atoms with Crippen LogP contribution in [0.25, 0.3) is 0 Å². The summed E-state index contributed by atoms with van der Waals surface area (Å²) in [6.45, 7) is 0. The van der Waals surface area contributed by atoms with Crippen molar-refractivity contribution in [1.82, 2.24) is 0 Å². The highest BCUT2D eigenvalue weighted by Gasteiger charge is 2.37. The van der Waals surface area contributed by atoms with Crippen molar-refractivity contribution in [1.29, 1.82) is 0 Å². The second kappa shape index (κ2) is 8.12. The first-order valence-electron chi connectivity index (χ1n) is 10.4. The van der Waals surface area contributed by atoms with Gasteiger partial charge in [0.15, 0.2) is 11.5 Å². The number of methoxy groups -OCH3 is 1. The fourth-order valence-electron chi connectivity index (χ4n) is 4.61. The summed E-state index contributed by atoms with van der Waals surface area (Å²) in [5.41, 5.74) is 5.49. The first-order chi connectivity index (χ1) is 15.1. The molecule has 0 bridgehead atoms. The van der Waals surface area contributed by atoms with Crippen LogP contribution in [0.2, 0.25) is 5.02 Å². The summed E-state index contributed by atoms with van der Waals surface area (Å²) in [6, 6.07) is 20.6. The number of phenolic OH excluding ortho intramolecular Hbond substituents is 1. The van der Waals surface area contributed by atoms with Gasteiger partial charge < -0.3 is 15.2 Å². The highest BCUT2D eigenvalue weighted by molar-refractivity contribution is 6.32. The van der Waals surface area contributed by atoms with Crippen LogP contribution in [-0.4, -0.2) is 18.4 Å². The number of ether oxygens (including phenoxy) is 1. The fraction of sp³-hybridized carbons (Fsp3) is 0.192. The molecule has 0 aromatic heterocycles. The predicted molar refractivity (Wildman–Crippen MR) is 126 cm³/mol. The number of hydrogen-bond acceptors (Lipinski definition) is 4. The minimum atomic E-state index is -0.0630. The molecule has 0 saturated carbocycles. The van der Waals surface area contributed by atoms with Crippen molar-refractivity contribution in [2.45, 2.75) is 18.4 Å². The Morgan fingerprint density at radius 3 is 2.74 bits per heavy atom. The average molecular weight is 431 g/mol. The van der Waals surface area contributed by atoms with E-state index in [0.717, 1.165) is 17.7 Å². The molecular weight excluding hydrogens is 408 g/mol. The van der Waals surface area contributed by atoms with Crippen molar-refractivity contribution in [3.8, 4) is 11.5 Å². The largest absolute Gasteiger partial charge is 0.503 e. The van der Waals surface area contributed by atoms with Crippen molar-refractivity contribution < 1.29 is 9.84 Å². The molecule has 3 aromatic rings. The summed E-state index contributed by atoms with van der Waals surface area (Å²) >= 11 is 6.06. The van der Waals surface area contributed by atoms with Gasteiger partial charge in [-0.3, -0.25) is 4.99 Å². The third kappa shape index (κ3) is 3.68. The molecule has 3 aromatic carbocycles. The molecule has 31 heavy (non-hydrogen) atoms. The van der Waals surface area contributed by atoms with Gasteiger partial charge in [-0.2, -0.15) is 0 Å². The number of fused-ring (bicyclic) bond motifs is 3. The summed E-state index contributed by atoms with van der Waals surface area (Å²) in [7, 11) is 1.49. The number of aromatic hydroxyl groups is 1. The Labute approximate surface area is 186 Å². The van der Waals surface area contributed by atoms with Crippen LogP contribution >= 0.6 is 11.6 Å². The first kappa shape index (κ1) is 19.7. The molecule has 0 fully saturated rings. The summed E-state index contributed by atoms with van der Waals surface area (Å²) in [5, 5.41) is 13.9. The predicted octanol–water partition coefficient (Wildman–Crippen LogP) is 6.63. The Morgan fingerprint density at radius 1 is 1.13 bits per heavy atom. The van der Waals surface area contributed by atoms with Gasteiger partial charge in [0.1, 0.15) is 0 Å². The van der Waals surface area contributed by atoms with Crippen LogP contribution in [0.4, 0.5) is 11.4 Å². The molecule has 0 radical (unpaired) electrons. The zero-order chi connectivity index (χ0) is 21.4. The Hall–Kier alpha value is -3.24. The van der Waals surface area contributed by atoms with E-state index in [2.05, 4.69) is 58.9 Å². The van der Waals surface area contributed by atoms with Crippen LogP contribution in [0, 0.1) is 5.92 Å². The van der Waals surface area contributed by atoms with Gasteiger partial charge in [0.2, 0.25) is 0 Å². The van der Waals surface area contributed by atoms with Crippen molar-refractivity contribution >= 4 is 29.2 Å². The van der Waals surface area contributed by atoms with Gasteiger partial charge in [0.25, 0.3) is 0 Å². The molecule has 156 valence electrons. The number of anilines is 1. The highest BCUT2D eigenvalue weighted by Crippen LogP contribution is 2.49. The quantitative estimate of drug-likeness (QED) is 0.360. The molecular formula is C26H23ClN2O2. The minimum Gasteiger partial charge on any atom is -0.503 e. The second-order valence-electron chi connectivity index (χ2n) is 7.97.